The van der Waals surface area contributed by atoms with Crippen LogP contribution in [0.1, 0.15) is 30.9 Å². The number of carbonyl (C=O) groups is 1. The van der Waals surface area contributed by atoms with Gasteiger partial charge in [0.05, 0.1) is 10.8 Å². The van der Waals surface area contributed by atoms with E-state index in [0.717, 1.165) is 0 Å². The lowest BCUT2D eigenvalue weighted by molar-refractivity contribution is -0.138. The Bertz CT molecular complexity index is 626. The smallest absolute Gasteiger partial charge is 0.310 e. The van der Waals surface area contributed by atoms with Crippen LogP contribution in [0.4, 0.5) is 0 Å². The Morgan fingerprint density at radius 2 is 2.00 bits per heavy atom. The summed E-state index contributed by atoms with van der Waals surface area (Å²) >= 11 is 0. The van der Waals surface area contributed by atoms with E-state index in [2.05, 4.69) is 0 Å². The third-order valence-corrected chi connectivity index (χ3v) is 4.90. The Morgan fingerprint density at radius 1 is 1.35 bits per heavy atom. The van der Waals surface area contributed by atoms with Gasteiger partial charge in [0, 0.05) is 4.91 Å². The standard InChI is InChI=1S/C12H12O4S/c1-7-6-10-9(8(2)12(13)14)4-3-5-11(10)17(7,15)16/h3-6,8H,1-2H3,(H,13,14). The predicted molar refractivity (Wildman–Crippen MR) is 63.3 cm³/mol. The molecule has 1 unspecified atom stereocenters. The molecule has 1 heterocycles. The SMILES string of the molecule is CC1=Cc2c(C(C)C(=O)O)cccc2S1(=O)=O. The quantitative estimate of drug-likeness (QED) is 0.874. The Kier molecular flexibility index (Phi) is 2.58. The van der Waals surface area contributed by atoms with Crippen LogP contribution in [0.3, 0.4) is 0 Å². The molecule has 90 valence electrons. The second kappa shape index (κ2) is 3.70. The molecule has 0 fully saturated rings. The molecule has 1 aliphatic heterocycles. The minimum absolute atomic E-state index is 0.209. The van der Waals surface area contributed by atoms with E-state index in [4.69, 9.17) is 5.11 Å². The molecule has 0 amide bonds. The number of hydrogen-bond acceptors (Lipinski definition) is 3. The van der Waals surface area contributed by atoms with E-state index in [1.807, 2.05) is 0 Å². The molecule has 17 heavy (non-hydrogen) atoms. The highest BCUT2D eigenvalue weighted by Crippen LogP contribution is 2.36. The van der Waals surface area contributed by atoms with Gasteiger partial charge in [-0.25, -0.2) is 8.42 Å². The number of allylic oxidation sites excluding steroid dienone is 1. The van der Waals surface area contributed by atoms with Crippen molar-refractivity contribution in [2.75, 3.05) is 0 Å². The van der Waals surface area contributed by atoms with Crippen LogP contribution in [0.5, 0.6) is 0 Å². The van der Waals surface area contributed by atoms with Crippen molar-refractivity contribution in [1.29, 1.82) is 0 Å². The molecule has 1 aromatic rings. The fourth-order valence-electron chi connectivity index (χ4n) is 1.91. The number of carboxylic acid groups (broad SMARTS) is 1. The Balaban J connectivity index is 2.70. The van der Waals surface area contributed by atoms with Gasteiger partial charge in [-0.2, -0.15) is 0 Å². The minimum Gasteiger partial charge on any atom is -0.481 e. The van der Waals surface area contributed by atoms with Gasteiger partial charge in [-0.3, -0.25) is 4.79 Å². The van der Waals surface area contributed by atoms with Gasteiger partial charge >= 0.3 is 5.97 Å². The summed E-state index contributed by atoms with van der Waals surface area (Å²) in [6, 6.07) is 4.75. The first kappa shape index (κ1) is 11.9. The molecular weight excluding hydrogens is 240 g/mol. The lowest BCUT2D eigenvalue weighted by Crippen LogP contribution is -2.09. The minimum atomic E-state index is -3.40. The van der Waals surface area contributed by atoms with Gasteiger partial charge in [0.15, 0.2) is 0 Å². The van der Waals surface area contributed by atoms with Gasteiger partial charge in [-0.1, -0.05) is 12.1 Å². The van der Waals surface area contributed by atoms with Gasteiger partial charge in [0.2, 0.25) is 9.84 Å². The fraction of sp³-hybridized carbons (Fsp3) is 0.250. The number of fused-ring (bicyclic) bond motifs is 1. The lowest BCUT2D eigenvalue weighted by Gasteiger charge is -2.10. The summed E-state index contributed by atoms with van der Waals surface area (Å²) in [5, 5.41) is 8.99. The van der Waals surface area contributed by atoms with Gasteiger partial charge in [0.25, 0.3) is 0 Å². The van der Waals surface area contributed by atoms with E-state index in [9.17, 15) is 13.2 Å². The molecular formula is C12H12O4S. The van der Waals surface area contributed by atoms with Crippen molar-refractivity contribution in [1.82, 2.24) is 0 Å². The van der Waals surface area contributed by atoms with Crippen LogP contribution in [0.15, 0.2) is 28.0 Å². The van der Waals surface area contributed by atoms with Gasteiger partial charge < -0.3 is 5.11 Å². The Morgan fingerprint density at radius 3 is 2.59 bits per heavy atom. The van der Waals surface area contributed by atoms with Crippen LogP contribution in [0.2, 0.25) is 0 Å². The van der Waals surface area contributed by atoms with Crippen molar-refractivity contribution in [2.45, 2.75) is 24.7 Å². The molecule has 0 spiro atoms. The predicted octanol–water partition coefficient (Wildman–Crippen LogP) is 2.02. The molecule has 0 radical (unpaired) electrons. The van der Waals surface area contributed by atoms with Gasteiger partial charge in [-0.05, 0) is 37.1 Å². The molecule has 1 N–H and O–H groups in total. The first-order chi connectivity index (χ1) is 7.85. The van der Waals surface area contributed by atoms with E-state index in [1.54, 1.807) is 25.1 Å². The maximum absolute atomic E-state index is 11.9. The molecule has 0 aromatic heterocycles. The number of rotatable bonds is 2. The molecule has 2 rings (SSSR count). The molecule has 0 aliphatic carbocycles. The van der Waals surface area contributed by atoms with E-state index in [-0.39, 0.29) is 9.80 Å². The van der Waals surface area contributed by atoms with Gasteiger partial charge in [-0.15, -0.1) is 0 Å². The van der Waals surface area contributed by atoms with Crippen LogP contribution in [-0.2, 0) is 14.6 Å². The average Bonchev–Trinajstić information content (AvgIpc) is 2.49. The highest BCUT2D eigenvalue weighted by molar-refractivity contribution is 7.95. The van der Waals surface area contributed by atoms with Crippen molar-refractivity contribution in [2.24, 2.45) is 0 Å². The monoisotopic (exact) mass is 252 g/mol. The molecule has 0 saturated carbocycles. The number of hydrogen-bond donors (Lipinski definition) is 1. The Labute approximate surface area is 99.5 Å². The third kappa shape index (κ3) is 1.67. The summed E-state index contributed by atoms with van der Waals surface area (Å²) in [6.07, 6.45) is 1.54. The number of carboxylic acids is 1. The molecule has 0 bridgehead atoms. The summed E-state index contributed by atoms with van der Waals surface area (Å²) in [7, 11) is -3.40. The van der Waals surface area contributed by atoms with E-state index in [1.165, 1.54) is 13.0 Å². The highest BCUT2D eigenvalue weighted by Gasteiger charge is 2.30. The lowest BCUT2D eigenvalue weighted by atomic mass is 9.95. The van der Waals surface area contributed by atoms with Crippen LogP contribution < -0.4 is 0 Å². The fourth-order valence-corrected chi connectivity index (χ4v) is 3.26. The van der Waals surface area contributed by atoms with Crippen LogP contribution in [-0.4, -0.2) is 19.5 Å². The maximum atomic E-state index is 11.9. The highest BCUT2D eigenvalue weighted by atomic mass is 32.2. The maximum Gasteiger partial charge on any atom is 0.310 e. The largest absolute Gasteiger partial charge is 0.481 e. The van der Waals surface area contributed by atoms with Crippen LogP contribution in [0.25, 0.3) is 6.08 Å². The summed E-state index contributed by atoms with van der Waals surface area (Å²) in [6.45, 7) is 3.07. The zero-order valence-electron chi connectivity index (χ0n) is 9.47. The summed E-state index contributed by atoms with van der Waals surface area (Å²) < 4.78 is 23.8. The topological polar surface area (TPSA) is 71.4 Å². The van der Waals surface area contributed by atoms with Crippen molar-refractivity contribution in [3.05, 3.63) is 34.2 Å². The molecule has 0 saturated heterocycles. The van der Waals surface area contributed by atoms with Crippen molar-refractivity contribution >= 4 is 21.9 Å². The average molecular weight is 252 g/mol. The van der Waals surface area contributed by atoms with Crippen molar-refractivity contribution < 1.29 is 18.3 Å². The normalized spacial score (nSPS) is 18.4. The summed E-state index contributed by atoms with van der Waals surface area (Å²) in [4.78, 5) is 11.4. The van der Waals surface area contributed by atoms with Crippen molar-refractivity contribution in [3.63, 3.8) is 0 Å². The van der Waals surface area contributed by atoms with Crippen LogP contribution >= 0.6 is 0 Å². The molecule has 1 aliphatic rings. The Hall–Kier alpha value is -1.62. The summed E-state index contributed by atoms with van der Waals surface area (Å²) in [5.41, 5.74) is 1.05. The van der Waals surface area contributed by atoms with Crippen LogP contribution in [0, 0.1) is 0 Å². The van der Waals surface area contributed by atoms with E-state index < -0.39 is 21.7 Å². The van der Waals surface area contributed by atoms with E-state index in [0.29, 0.717) is 11.1 Å². The first-order valence-corrected chi connectivity index (χ1v) is 6.63. The number of sulfone groups is 1. The van der Waals surface area contributed by atoms with Crippen molar-refractivity contribution in [3.8, 4) is 0 Å². The second-order valence-corrected chi connectivity index (χ2v) is 6.17. The second-order valence-electron chi connectivity index (χ2n) is 4.08. The zero-order chi connectivity index (χ0) is 12.8. The summed E-state index contributed by atoms with van der Waals surface area (Å²) in [5.74, 6) is -1.68. The van der Waals surface area contributed by atoms with E-state index >= 15 is 0 Å². The number of aliphatic carboxylic acids is 1. The number of benzene rings is 1. The molecule has 4 nitrogen and oxygen atoms in total. The zero-order valence-corrected chi connectivity index (χ0v) is 10.3. The van der Waals surface area contributed by atoms with Gasteiger partial charge in [0.1, 0.15) is 0 Å². The molecule has 1 atom stereocenters. The third-order valence-electron chi connectivity index (χ3n) is 3.00. The molecule has 1 aromatic carbocycles. The first-order valence-electron chi connectivity index (χ1n) is 5.15. The molecule has 5 heteroatoms.